The fraction of sp³-hybridized carbons (Fsp3) is 0.0714. The van der Waals surface area contributed by atoms with Gasteiger partial charge in [-0.25, -0.2) is 15.0 Å². The lowest BCUT2D eigenvalue weighted by atomic mass is 9.89. The van der Waals surface area contributed by atoms with Gasteiger partial charge in [-0.3, -0.25) is 0 Å². The molecule has 226 valence electrons. The Morgan fingerprint density at radius 3 is 2.06 bits per heavy atom. The molecule has 1 aliphatic rings. The summed E-state index contributed by atoms with van der Waals surface area (Å²) < 4.78 is 2.15. The van der Waals surface area contributed by atoms with E-state index in [1.165, 1.54) is 0 Å². The summed E-state index contributed by atoms with van der Waals surface area (Å²) in [4.78, 5) is 14.9. The molecule has 0 fully saturated rings. The van der Waals surface area contributed by atoms with Gasteiger partial charge in [-0.1, -0.05) is 128 Å². The van der Waals surface area contributed by atoms with Gasteiger partial charge in [0.15, 0.2) is 11.6 Å². The molecule has 0 saturated heterocycles. The maximum Gasteiger partial charge on any atom is 0.166 e. The van der Waals surface area contributed by atoms with Gasteiger partial charge < -0.3 is 4.57 Å². The normalized spacial score (nSPS) is 15.4. The van der Waals surface area contributed by atoms with Crippen molar-refractivity contribution < 1.29 is 0 Å². The highest BCUT2D eigenvalue weighted by Gasteiger charge is 2.26. The van der Waals surface area contributed by atoms with Crippen LogP contribution in [0.15, 0.2) is 140 Å². The van der Waals surface area contributed by atoms with Crippen molar-refractivity contribution in [2.75, 3.05) is 0 Å². The lowest BCUT2D eigenvalue weighted by molar-refractivity contribution is 0.600. The molecule has 1 aliphatic carbocycles. The minimum Gasteiger partial charge on any atom is -0.307 e. The van der Waals surface area contributed by atoms with Gasteiger partial charge in [0.25, 0.3) is 0 Å². The van der Waals surface area contributed by atoms with E-state index >= 15 is 0 Å². The summed E-state index contributed by atoms with van der Waals surface area (Å²) >= 11 is 0. The third-order valence-corrected chi connectivity index (χ3v) is 9.05. The summed E-state index contributed by atoms with van der Waals surface area (Å²) in [5.74, 6) is 1.44. The van der Waals surface area contributed by atoms with Gasteiger partial charge in [0.2, 0.25) is 0 Å². The molecule has 0 radical (unpaired) electrons. The predicted molar refractivity (Wildman–Crippen MR) is 190 cm³/mol. The van der Waals surface area contributed by atoms with E-state index in [0.717, 1.165) is 38.5 Å². The number of rotatable bonds is 5. The maximum absolute atomic E-state index is 11.0. The molecule has 5 aromatic carbocycles. The fourth-order valence-corrected chi connectivity index (χ4v) is 6.75. The molecule has 2 aromatic heterocycles. The van der Waals surface area contributed by atoms with Crippen LogP contribution in [0.25, 0.3) is 61.4 Å². The van der Waals surface area contributed by atoms with Crippen molar-refractivity contribution in [3.8, 4) is 51.7 Å². The third-order valence-electron chi connectivity index (χ3n) is 9.05. The zero-order valence-electron chi connectivity index (χ0n) is 26.1. The van der Waals surface area contributed by atoms with Crippen LogP contribution in [0, 0.1) is 28.6 Å². The van der Waals surface area contributed by atoms with E-state index in [9.17, 15) is 10.5 Å². The number of allylic oxidation sites excluding steroid dienone is 4. The van der Waals surface area contributed by atoms with E-state index in [1.807, 2.05) is 78.9 Å². The first-order chi connectivity index (χ1) is 23.7. The smallest absolute Gasteiger partial charge is 0.166 e. The number of nitriles is 2. The monoisotopic (exact) mass is 616 g/mol. The number of aromatic nitrogens is 4. The van der Waals surface area contributed by atoms with Crippen LogP contribution in [0.2, 0.25) is 0 Å². The quantitative estimate of drug-likeness (QED) is 0.192. The van der Waals surface area contributed by atoms with E-state index in [-0.39, 0.29) is 11.8 Å². The Morgan fingerprint density at radius 2 is 1.31 bits per heavy atom. The summed E-state index contributed by atoms with van der Waals surface area (Å²) in [7, 11) is 0. The Bertz CT molecular complexity index is 2490. The third kappa shape index (κ3) is 4.76. The van der Waals surface area contributed by atoms with E-state index in [4.69, 9.17) is 15.0 Å². The highest BCUT2D eigenvalue weighted by Crippen LogP contribution is 2.41. The average Bonchev–Trinajstić information content (AvgIpc) is 3.49. The lowest BCUT2D eigenvalue weighted by Gasteiger charge is -2.21. The van der Waals surface area contributed by atoms with E-state index in [2.05, 4.69) is 78.2 Å². The van der Waals surface area contributed by atoms with Gasteiger partial charge in [-0.2, -0.15) is 10.5 Å². The molecule has 0 N–H and O–H groups in total. The Kier molecular flexibility index (Phi) is 7.17. The van der Waals surface area contributed by atoms with Gasteiger partial charge >= 0.3 is 0 Å². The van der Waals surface area contributed by atoms with Crippen LogP contribution in [-0.2, 0) is 0 Å². The second kappa shape index (κ2) is 11.9. The fourth-order valence-electron chi connectivity index (χ4n) is 6.75. The Hall–Kier alpha value is -6.63. The number of fused-ring (bicyclic) bond motifs is 3. The SMILES string of the molecule is CC1C=CC=CC1c1nc(-c2ccccc2)nc(-c2c(C#N)ccc(-n3c4ccccc4c4cccc(-c5ccccc5)c43)c2C#N)n1. The number of benzene rings is 5. The molecule has 0 aliphatic heterocycles. The summed E-state index contributed by atoms with van der Waals surface area (Å²) in [6.07, 6.45) is 8.26. The van der Waals surface area contributed by atoms with Crippen molar-refractivity contribution in [2.45, 2.75) is 12.8 Å². The van der Waals surface area contributed by atoms with Gasteiger partial charge in [0.1, 0.15) is 11.9 Å². The zero-order chi connectivity index (χ0) is 32.6. The first-order valence-corrected chi connectivity index (χ1v) is 15.9. The molecule has 0 bridgehead atoms. The van der Waals surface area contributed by atoms with Crippen molar-refractivity contribution in [3.05, 3.63) is 157 Å². The molecule has 2 heterocycles. The number of hydrogen-bond acceptors (Lipinski definition) is 5. The standard InChI is InChI=1S/C42H28N6/c1-27-13-8-9-18-31(27)41-45-40(29-16-6-3-7-17-29)46-42(47-41)38-30(25-43)23-24-37(35(38)26-44)48-36-22-11-10-19-33(36)34-21-12-20-32(39(34)48)28-14-4-2-5-15-28/h2-24,27,31H,1H3. The van der Waals surface area contributed by atoms with Crippen LogP contribution in [0.5, 0.6) is 0 Å². The Balaban J connectivity index is 1.45. The molecule has 2 unspecified atom stereocenters. The molecule has 6 nitrogen and oxygen atoms in total. The van der Waals surface area contributed by atoms with Crippen LogP contribution < -0.4 is 0 Å². The van der Waals surface area contributed by atoms with Crippen LogP contribution >= 0.6 is 0 Å². The molecule has 0 spiro atoms. The molecule has 2 atom stereocenters. The summed E-state index contributed by atoms with van der Waals surface area (Å²) in [5.41, 5.74) is 6.56. The van der Waals surface area contributed by atoms with Crippen LogP contribution in [0.3, 0.4) is 0 Å². The second-order valence-electron chi connectivity index (χ2n) is 11.9. The molecule has 48 heavy (non-hydrogen) atoms. The topological polar surface area (TPSA) is 91.2 Å². The van der Waals surface area contributed by atoms with Gasteiger partial charge in [0.05, 0.1) is 39.5 Å². The second-order valence-corrected chi connectivity index (χ2v) is 11.9. The predicted octanol–water partition coefficient (Wildman–Crippen LogP) is 9.56. The summed E-state index contributed by atoms with van der Waals surface area (Å²) in [5, 5.41) is 23.6. The largest absolute Gasteiger partial charge is 0.307 e. The van der Waals surface area contributed by atoms with E-state index < -0.39 is 0 Å². The first kappa shape index (κ1) is 28.8. The molecule has 0 saturated carbocycles. The van der Waals surface area contributed by atoms with Gasteiger partial charge in [0, 0.05) is 27.8 Å². The van der Waals surface area contributed by atoms with Gasteiger partial charge in [-0.05, 0) is 29.7 Å². The number of para-hydroxylation sites is 2. The summed E-state index contributed by atoms with van der Waals surface area (Å²) in [6, 6.07) is 43.0. The maximum atomic E-state index is 11.0. The van der Waals surface area contributed by atoms with Crippen molar-refractivity contribution in [1.82, 2.24) is 19.5 Å². The molecule has 7 aromatic rings. The van der Waals surface area contributed by atoms with Crippen molar-refractivity contribution in [3.63, 3.8) is 0 Å². The lowest BCUT2D eigenvalue weighted by Crippen LogP contribution is -2.14. The molecule has 6 heteroatoms. The molecular formula is C42H28N6. The molecule has 8 rings (SSSR count). The first-order valence-electron chi connectivity index (χ1n) is 15.9. The Labute approximate surface area is 278 Å². The molecule has 0 amide bonds. The summed E-state index contributed by atoms with van der Waals surface area (Å²) in [6.45, 7) is 2.13. The van der Waals surface area contributed by atoms with Gasteiger partial charge in [-0.15, -0.1) is 0 Å². The highest BCUT2D eigenvalue weighted by atomic mass is 15.0. The Morgan fingerprint density at radius 1 is 0.625 bits per heavy atom. The van der Waals surface area contributed by atoms with E-state index in [1.54, 1.807) is 6.07 Å². The zero-order valence-corrected chi connectivity index (χ0v) is 26.1. The minimum absolute atomic E-state index is 0.0933. The molecular weight excluding hydrogens is 589 g/mol. The van der Waals surface area contributed by atoms with Crippen LogP contribution in [0.1, 0.15) is 29.8 Å². The van der Waals surface area contributed by atoms with Crippen molar-refractivity contribution >= 4 is 21.8 Å². The number of hydrogen-bond donors (Lipinski definition) is 0. The minimum atomic E-state index is -0.0933. The van der Waals surface area contributed by atoms with Crippen LogP contribution in [0.4, 0.5) is 0 Å². The average molecular weight is 617 g/mol. The van der Waals surface area contributed by atoms with Crippen LogP contribution in [-0.4, -0.2) is 19.5 Å². The van der Waals surface area contributed by atoms with Crippen molar-refractivity contribution in [2.24, 2.45) is 5.92 Å². The van der Waals surface area contributed by atoms with Crippen molar-refractivity contribution in [1.29, 1.82) is 10.5 Å². The van der Waals surface area contributed by atoms with E-state index in [0.29, 0.717) is 39.9 Å². The number of nitrogens with zero attached hydrogens (tertiary/aromatic N) is 6. The highest BCUT2D eigenvalue weighted by molar-refractivity contribution is 6.14.